The van der Waals surface area contributed by atoms with Crippen LogP contribution in [0.25, 0.3) is 0 Å². The first kappa shape index (κ1) is 12.7. The first-order valence-electron chi connectivity index (χ1n) is 4.99. The van der Waals surface area contributed by atoms with Crippen LogP contribution in [0.5, 0.6) is 0 Å². The molecule has 0 fully saturated rings. The Hall–Kier alpha value is -0.340. The summed E-state index contributed by atoms with van der Waals surface area (Å²) in [5.41, 5.74) is 0. The van der Waals surface area contributed by atoms with E-state index in [0.29, 0.717) is 6.42 Å². The van der Waals surface area contributed by atoms with Crippen molar-refractivity contribution in [3.8, 4) is 0 Å². The monoisotopic (exact) mass is 185 g/mol. The van der Waals surface area contributed by atoms with Gasteiger partial charge in [-0.2, -0.15) is 0 Å². The topological polar surface area (TPSA) is 40.5 Å². The van der Waals surface area contributed by atoms with Gasteiger partial charge in [-0.1, -0.05) is 32.4 Å². The van der Waals surface area contributed by atoms with Gasteiger partial charge in [-0.05, 0) is 19.8 Å². The fourth-order valence-electron chi connectivity index (χ4n) is 1.51. The maximum Gasteiger partial charge on any atom is 0.0773 e. The summed E-state index contributed by atoms with van der Waals surface area (Å²) in [7, 11) is 0. The minimum atomic E-state index is -0.563. The van der Waals surface area contributed by atoms with Gasteiger partial charge in [0.05, 0.1) is 12.2 Å². The van der Waals surface area contributed by atoms with E-state index in [-0.39, 0.29) is 5.92 Å². The van der Waals surface area contributed by atoms with Crippen molar-refractivity contribution in [1.82, 2.24) is 0 Å². The molecule has 2 N–H and O–H groups in total. The van der Waals surface area contributed by atoms with E-state index in [1.54, 1.807) is 12.2 Å². The molecule has 2 heteroatoms. The SMILES string of the molecule is [CH2]C=CC(O)C(CCC)C(O)CC. The summed E-state index contributed by atoms with van der Waals surface area (Å²) >= 11 is 0. The molecule has 2 nitrogen and oxygen atoms in total. The summed E-state index contributed by atoms with van der Waals surface area (Å²) in [5.74, 6) is -0.0481. The highest BCUT2D eigenvalue weighted by Crippen LogP contribution is 2.19. The number of aliphatic hydroxyl groups excluding tert-OH is 2. The highest BCUT2D eigenvalue weighted by atomic mass is 16.3. The van der Waals surface area contributed by atoms with E-state index in [0.717, 1.165) is 12.8 Å². The molecule has 0 spiro atoms. The maximum absolute atomic E-state index is 9.65. The van der Waals surface area contributed by atoms with Crippen LogP contribution < -0.4 is 0 Å². The Balaban J connectivity index is 4.21. The predicted octanol–water partition coefficient (Wildman–Crippen LogP) is 1.92. The summed E-state index contributed by atoms with van der Waals surface area (Å²) in [6.07, 6.45) is 4.75. The fraction of sp³-hybridized carbons (Fsp3) is 0.727. The van der Waals surface area contributed by atoms with E-state index in [9.17, 15) is 10.2 Å². The molecule has 0 saturated carbocycles. The minimum absolute atomic E-state index is 0.0481. The Bertz CT molecular complexity index is 143. The largest absolute Gasteiger partial charge is 0.393 e. The van der Waals surface area contributed by atoms with Crippen molar-refractivity contribution in [1.29, 1.82) is 0 Å². The summed E-state index contributed by atoms with van der Waals surface area (Å²) in [5, 5.41) is 19.3. The number of hydrogen-bond donors (Lipinski definition) is 2. The third-order valence-corrected chi connectivity index (χ3v) is 2.31. The molecule has 0 aliphatic rings. The average molecular weight is 185 g/mol. The molecule has 0 heterocycles. The lowest BCUT2D eigenvalue weighted by Crippen LogP contribution is -2.30. The molecule has 0 rings (SSSR count). The van der Waals surface area contributed by atoms with Gasteiger partial charge in [0.2, 0.25) is 0 Å². The average Bonchev–Trinajstić information content (AvgIpc) is 2.13. The van der Waals surface area contributed by atoms with Crippen molar-refractivity contribution >= 4 is 0 Å². The van der Waals surface area contributed by atoms with Crippen LogP contribution in [0.15, 0.2) is 12.2 Å². The fourth-order valence-corrected chi connectivity index (χ4v) is 1.51. The van der Waals surface area contributed by atoms with Gasteiger partial charge >= 0.3 is 0 Å². The van der Waals surface area contributed by atoms with Crippen molar-refractivity contribution in [2.75, 3.05) is 0 Å². The van der Waals surface area contributed by atoms with Gasteiger partial charge in [0.1, 0.15) is 0 Å². The lowest BCUT2D eigenvalue weighted by atomic mass is 9.89. The zero-order valence-electron chi connectivity index (χ0n) is 8.61. The molecule has 0 aromatic carbocycles. The molecule has 0 saturated heterocycles. The molecule has 0 aliphatic carbocycles. The summed E-state index contributed by atoms with van der Waals surface area (Å²) in [6, 6.07) is 0. The van der Waals surface area contributed by atoms with E-state index >= 15 is 0 Å². The van der Waals surface area contributed by atoms with Crippen LogP contribution in [0, 0.1) is 12.8 Å². The standard InChI is InChI=1S/C11H21O2/c1-4-7-9(10(12)6-3)11(13)8-5-2/h5,8-13H,2,4,6-7H2,1,3H3. The zero-order chi connectivity index (χ0) is 10.3. The van der Waals surface area contributed by atoms with Crippen molar-refractivity contribution in [2.24, 2.45) is 5.92 Å². The minimum Gasteiger partial charge on any atom is -0.393 e. The highest BCUT2D eigenvalue weighted by Gasteiger charge is 2.22. The van der Waals surface area contributed by atoms with Crippen LogP contribution in [0.2, 0.25) is 0 Å². The van der Waals surface area contributed by atoms with Gasteiger partial charge in [-0.25, -0.2) is 0 Å². The normalized spacial score (nSPS) is 18.8. The van der Waals surface area contributed by atoms with Crippen LogP contribution in [0.3, 0.4) is 0 Å². The van der Waals surface area contributed by atoms with Crippen molar-refractivity contribution in [3.63, 3.8) is 0 Å². The molecule has 13 heavy (non-hydrogen) atoms. The maximum atomic E-state index is 9.65. The molecule has 0 amide bonds. The summed E-state index contributed by atoms with van der Waals surface area (Å²) in [4.78, 5) is 0. The second-order valence-corrected chi connectivity index (χ2v) is 3.35. The molecule has 0 aliphatic heterocycles. The van der Waals surface area contributed by atoms with E-state index in [2.05, 4.69) is 13.8 Å². The smallest absolute Gasteiger partial charge is 0.0773 e. The molecule has 0 bridgehead atoms. The van der Waals surface area contributed by atoms with E-state index in [1.165, 1.54) is 0 Å². The summed E-state index contributed by atoms with van der Waals surface area (Å²) < 4.78 is 0. The summed E-state index contributed by atoms with van der Waals surface area (Å²) in [6.45, 7) is 7.51. The third-order valence-electron chi connectivity index (χ3n) is 2.31. The van der Waals surface area contributed by atoms with Crippen LogP contribution in [0.1, 0.15) is 33.1 Å². The molecule has 77 valence electrons. The van der Waals surface area contributed by atoms with Gasteiger partial charge in [0.25, 0.3) is 0 Å². The molecular formula is C11H21O2. The van der Waals surface area contributed by atoms with Gasteiger partial charge in [0, 0.05) is 5.92 Å². The third kappa shape index (κ3) is 4.44. The van der Waals surface area contributed by atoms with Crippen molar-refractivity contribution in [3.05, 3.63) is 19.1 Å². The number of hydrogen-bond acceptors (Lipinski definition) is 2. The Kier molecular flexibility index (Phi) is 6.92. The quantitative estimate of drug-likeness (QED) is 0.663. The Morgan fingerprint density at radius 2 is 1.92 bits per heavy atom. The molecule has 0 aromatic heterocycles. The Morgan fingerprint density at radius 1 is 1.31 bits per heavy atom. The zero-order valence-corrected chi connectivity index (χ0v) is 8.61. The molecular weight excluding hydrogens is 164 g/mol. The molecule has 0 aromatic rings. The lowest BCUT2D eigenvalue weighted by molar-refractivity contribution is 0.0280. The lowest BCUT2D eigenvalue weighted by Gasteiger charge is -2.24. The van der Waals surface area contributed by atoms with E-state index < -0.39 is 12.2 Å². The van der Waals surface area contributed by atoms with Crippen LogP contribution in [-0.2, 0) is 0 Å². The van der Waals surface area contributed by atoms with Gasteiger partial charge < -0.3 is 10.2 Å². The van der Waals surface area contributed by atoms with Gasteiger partial charge in [0.15, 0.2) is 0 Å². The van der Waals surface area contributed by atoms with E-state index in [1.807, 2.05) is 6.92 Å². The first-order valence-corrected chi connectivity index (χ1v) is 4.99. The van der Waals surface area contributed by atoms with Gasteiger partial charge in [-0.15, -0.1) is 0 Å². The first-order chi connectivity index (χ1) is 6.17. The van der Waals surface area contributed by atoms with Crippen LogP contribution in [0.4, 0.5) is 0 Å². The van der Waals surface area contributed by atoms with Crippen LogP contribution in [-0.4, -0.2) is 22.4 Å². The van der Waals surface area contributed by atoms with Gasteiger partial charge in [-0.3, -0.25) is 0 Å². The molecule has 3 atom stereocenters. The number of rotatable bonds is 6. The highest BCUT2D eigenvalue weighted by molar-refractivity contribution is 4.95. The second-order valence-electron chi connectivity index (χ2n) is 3.35. The number of aliphatic hydroxyl groups is 2. The van der Waals surface area contributed by atoms with Crippen molar-refractivity contribution < 1.29 is 10.2 Å². The number of allylic oxidation sites excluding steroid dienone is 1. The molecule has 3 unspecified atom stereocenters. The predicted molar refractivity (Wildman–Crippen MR) is 55.2 cm³/mol. The van der Waals surface area contributed by atoms with Crippen LogP contribution >= 0.6 is 0 Å². The second kappa shape index (κ2) is 7.10. The van der Waals surface area contributed by atoms with Crippen molar-refractivity contribution in [2.45, 2.75) is 45.3 Å². The Morgan fingerprint density at radius 3 is 2.31 bits per heavy atom. The molecule has 1 radical (unpaired) electrons. The Labute approximate surface area is 81.3 Å². The van der Waals surface area contributed by atoms with E-state index in [4.69, 9.17) is 0 Å².